The fourth-order valence-corrected chi connectivity index (χ4v) is 3.94. The number of nitrogens with zero attached hydrogens (tertiary/aromatic N) is 2. The molecule has 0 bridgehead atoms. The molecule has 126 valence electrons. The molecule has 0 saturated heterocycles. The molecule has 2 aromatic carbocycles. The van der Waals surface area contributed by atoms with Gasteiger partial charge in [-0.25, -0.2) is 13.8 Å². The van der Waals surface area contributed by atoms with Crippen LogP contribution in [0.1, 0.15) is 5.76 Å². The monoisotopic (exact) mass is 362 g/mol. The number of hydrogen-bond donors (Lipinski definition) is 0. The Balaban J connectivity index is 1.65. The first-order valence-corrected chi connectivity index (χ1v) is 8.79. The molecule has 26 heavy (non-hydrogen) atoms. The number of halogens is 1. The summed E-state index contributed by atoms with van der Waals surface area (Å²) in [5.41, 5.74) is 1.83. The van der Waals surface area contributed by atoms with Crippen molar-refractivity contribution in [1.29, 1.82) is 0 Å². The highest BCUT2D eigenvalue weighted by Gasteiger charge is 2.12. The molecule has 0 N–H and O–H groups in total. The minimum atomic E-state index is -0.348. The first kappa shape index (κ1) is 15.0. The molecule has 4 nitrogen and oxygen atoms in total. The van der Waals surface area contributed by atoms with Gasteiger partial charge in [-0.05, 0) is 36.4 Å². The van der Waals surface area contributed by atoms with Crippen LogP contribution in [0.15, 0.2) is 69.9 Å². The standard InChI is InChI=1S/C20H11FN2O2S/c21-14-6-2-1-5-13(14)17-10-9-12(25-17)11-18-19(24)23-16-8-4-3-7-15(16)22-20(23)26-18/h1-11H/b18-11-. The molecular weight excluding hydrogens is 351 g/mol. The molecular formula is C20H11FN2O2S. The summed E-state index contributed by atoms with van der Waals surface area (Å²) in [5.74, 6) is 0.571. The molecule has 0 unspecified atom stereocenters. The van der Waals surface area contributed by atoms with Gasteiger partial charge in [0, 0.05) is 6.08 Å². The van der Waals surface area contributed by atoms with Crippen molar-refractivity contribution in [1.82, 2.24) is 9.38 Å². The molecule has 6 heteroatoms. The molecule has 0 amide bonds. The van der Waals surface area contributed by atoms with Gasteiger partial charge in [0.05, 0.1) is 16.6 Å². The minimum absolute atomic E-state index is 0.137. The number of furan rings is 1. The minimum Gasteiger partial charge on any atom is -0.457 e. The van der Waals surface area contributed by atoms with Gasteiger partial charge in [0.1, 0.15) is 21.9 Å². The molecule has 3 heterocycles. The van der Waals surface area contributed by atoms with Crippen molar-refractivity contribution in [3.8, 4) is 11.3 Å². The van der Waals surface area contributed by atoms with Gasteiger partial charge in [0.25, 0.3) is 5.56 Å². The second-order valence-electron chi connectivity index (χ2n) is 5.82. The molecule has 0 atom stereocenters. The van der Waals surface area contributed by atoms with Crippen LogP contribution in [0.3, 0.4) is 0 Å². The largest absolute Gasteiger partial charge is 0.457 e. The van der Waals surface area contributed by atoms with Crippen LogP contribution in [0, 0.1) is 5.82 Å². The average Bonchev–Trinajstić information content (AvgIpc) is 3.32. The van der Waals surface area contributed by atoms with E-state index in [1.54, 1.807) is 40.8 Å². The van der Waals surface area contributed by atoms with Crippen molar-refractivity contribution in [2.24, 2.45) is 0 Å². The van der Waals surface area contributed by atoms with E-state index in [1.807, 2.05) is 24.3 Å². The Kier molecular flexibility index (Phi) is 3.26. The summed E-state index contributed by atoms with van der Waals surface area (Å²) in [7, 11) is 0. The maximum Gasteiger partial charge on any atom is 0.275 e. The summed E-state index contributed by atoms with van der Waals surface area (Å²) in [5, 5.41) is 0. The normalized spacial score (nSPS) is 12.4. The maximum atomic E-state index is 13.9. The highest BCUT2D eigenvalue weighted by molar-refractivity contribution is 7.15. The Morgan fingerprint density at radius 2 is 1.85 bits per heavy atom. The Hall–Kier alpha value is -3.25. The van der Waals surface area contributed by atoms with Gasteiger partial charge in [-0.2, -0.15) is 0 Å². The number of para-hydroxylation sites is 2. The van der Waals surface area contributed by atoms with E-state index in [4.69, 9.17) is 4.42 Å². The SMILES string of the molecule is O=c1/c(=C/c2ccc(-c3ccccc3F)o2)sc2nc3ccccc3n12. The van der Waals surface area contributed by atoms with Gasteiger partial charge in [-0.3, -0.25) is 4.79 Å². The first-order valence-electron chi connectivity index (χ1n) is 7.97. The van der Waals surface area contributed by atoms with Crippen LogP contribution in [-0.2, 0) is 0 Å². The van der Waals surface area contributed by atoms with Crippen LogP contribution >= 0.6 is 11.3 Å². The van der Waals surface area contributed by atoms with E-state index in [2.05, 4.69) is 4.98 Å². The summed E-state index contributed by atoms with van der Waals surface area (Å²) in [6.07, 6.45) is 1.67. The second kappa shape index (κ2) is 5.64. The van der Waals surface area contributed by atoms with Crippen LogP contribution in [-0.4, -0.2) is 9.38 Å². The molecule has 0 aliphatic heterocycles. The van der Waals surface area contributed by atoms with E-state index in [0.29, 0.717) is 26.6 Å². The van der Waals surface area contributed by atoms with Gasteiger partial charge in [-0.15, -0.1) is 0 Å². The molecule has 5 rings (SSSR count). The molecule has 0 aliphatic rings. The lowest BCUT2D eigenvalue weighted by molar-refractivity contribution is 0.560. The van der Waals surface area contributed by atoms with Crippen LogP contribution in [0.5, 0.6) is 0 Å². The van der Waals surface area contributed by atoms with E-state index in [0.717, 1.165) is 11.0 Å². The van der Waals surface area contributed by atoms with Gasteiger partial charge in [-0.1, -0.05) is 35.6 Å². The zero-order valence-corrected chi connectivity index (χ0v) is 14.2. The van der Waals surface area contributed by atoms with Gasteiger partial charge in [0.15, 0.2) is 4.96 Å². The van der Waals surface area contributed by atoms with Crippen molar-refractivity contribution in [2.75, 3.05) is 0 Å². The predicted molar refractivity (Wildman–Crippen MR) is 99.7 cm³/mol. The quantitative estimate of drug-likeness (QED) is 0.479. The molecule has 3 aromatic heterocycles. The van der Waals surface area contributed by atoms with Crippen LogP contribution < -0.4 is 10.1 Å². The third kappa shape index (κ3) is 2.27. The summed E-state index contributed by atoms with van der Waals surface area (Å²) >= 11 is 1.30. The van der Waals surface area contributed by atoms with Gasteiger partial charge >= 0.3 is 0 Å². The first-order chi connectivity index (χ1) is 12.7. The summed E-state index contributed by atoms with van der Waals surface area (Å²) in [6, 6.07) is 17.4. The Morgan fingerprint density at radius 3 is 2.73 bits per heavy atom. The smallest absolute Gasteiger partial charge is 0.275 e. The van der Waals surface area contributed by atoms with Crippen molar-refractivity contribution >= 4 is 33.4 Å². The number of benzene rings is 2. The van der Waals surface area contributed by atoms with E-state index in [-0.39, 0.29) is 11.4 Å². The van der Waals surface area contributed by atoms with Gasteiger partial charge < -0.3 is 4.42 Å². The van der Waals surface area contributed by atoms with E-state index in [1.165, 1.54) is 17.4 Å². The number of thiazole rings is 1. The molecule has 0 saturated carbocycles. The summed E-state index contributed by atoms with van der Waals surface area (Å²) in [4.78, 5) is 17.9. The van der Waals surface area contributed by atoms with E-state index < -0.39 is 0 Å². The van der Waals surface area contributed by atoms with Crippen molar-refractivity contribution < 1.29 is 8.81 Å². The lowest BCUT2D eigenvalue weighted by Gasteiger charge is -1.97. The zero-order valence-electron chi connectivity index (χ0n) is 13.3. The molecule has 0 aliphatic carbocycles. The third-order valence-electron chi connectivity index (χ3n) is 4.18. The Bertz CT molecular complexity index is 1380. The number of hydrogen-bond acceptors (Lipinski definition) is 4. The van der Waals surface area contributed by atoms with Crippen molar-refractivity contribution in [2.45, 2.75) is 0 Å². The zero-order chi connectivity index (χ0) is 17.7. The number of aromatic nitrogens is 2. The van der Waals surface area contributed by atoms with E-state index in [9.17, 15) is 9.18 Å². The number of rotatable bonds is 2. The summed E-state index contributed by atoms with van der Waals surface area (Å²) in [6.45, 7) is 0. The Labute approximate surface area is 150 Å². The third-order valence-corrected chi connectivity index (χ3v) is 5.15. The van der Waals surface area contributed by atoms with Crippen molar-refractivity contribution in [3.05, 3.63) is 87.1 Å². The Morgan fingerprint density at radius 1 is 1.04 bits per heavy atom. The summed E-state index contributed by atoms with van der Waals surface area (Å²) < 4.78 is 21.7. The number of fused-ring (bicyclic) bond motifs is 3. The number of imidazole rings is 1. The molecule has 0 radical (unpaired) electrons. The highest BCUT2D eigenvalue weighted by atomic mass is 32.1. The lowest BCUT2D eigenvalue weighted by atomic mass is 10.1. The fourth-order valence-electron chi connectivity index (χ4n) is 2.98. The predicted octanol–water partition coefficient (Wildman–Crippen LogP) is 3.86. The van der Waals surface area contributed by atoms with Crippen LogP contribution in [0.4, 0.5) is 4.39 Å². The second-order valence-corrected chi connectivity index (χ2v) is 6.83. The van der Waals surface area contributed by atoms with Crippen molar-refractivity contribution in [3.63, 3.8) is 0 Å². The lowest BCUT2D eigenvalue weighted by Crippen LogP contribution is -2.22. The fraction of sp³-hybridized carbons (Fsp3) is 0. The van der Waals surface area contributed by atoms with Gasteiger partial charge in [0.2, 0.25) is 0 Å². The van der Waals surface area contributed by atoms with Crippen LogP contribution in [0.25, 0.3) is 33.4 Å². The molecule has 0 spiro atoms. The van der Waals surface area contributed by atoms with E-state index >= 15 is 0 Å². The highest BCUT2D eigenvalue weighted by Crippen LogP contribution is 2.25. The topological polar surface area (TPSA) is 47.5 Å². The maximum absolute atomic E-state index is 13.9. The molecule has 5 aromatic rings. The molecule has 0 fully saturated rings. The average molecular weight is 362 g/mol. The van der Waals surface area contributed by atoms with Crippen LogP contribution in [0.2, 0.25) is 0 Å².